The van der Waals surface area contributed by atoms with Crippen molar-refractivity contribution in [1.82, 2.24) is 5.32 Å². The standard InChI is InChI=1S/C15H23NO3S/c1-17-12-6-11(7-12)16-9-10-5-13(18-2)14(19-3)8-15(10)20-4/h5,8,11-12,16H,6-7,9H2,1-4H3. The fourth-order valence-corrected chi connectivity index (χ4v) is 3.03. The zero-order chi connectivity index (χ0) is 14.5. The summed E-state index contributed by atoms with van der Waals surface area (Å²) in [6.07, 6.45) is 4.70. The van der Waals surface area contributed by atoms with Crippen LogP contribution < -0.4 is 14.8 Å². The highest BCUT2D eigenvalue weighted by atomic mass is 32.2. The van der Waals surface area contributed by atoms with Gasteiger partial charge in [0.2, 0.25) is 0 Å². The van der Waals surface area contributed by atoms with Crippen molar-refractivity contribution in [2.45, 2.75) is 36.4 Å². The van der Waals surface area contributed by atoms with Gasteiger partial charge in [-0.15, -0.1) is 11.8 Å². The summed E-state index contributed by atoms with van der Waals surface area (Å²) in [4.78, 5) is 1.22. The van der Waals surface area contributed by atoms with Crippen molar-refractivity contribution in [3.05, 3.63) is 17.7 Å². The minimum atomic E-state index is 0.429. The highest BCUT2D eigenvalue weighted by Crippen LogP contribution is 2.35. The molecule has 0 saturated heterocycles. The van der Waals surface area contributed by atoms with Gasteiger partial charge < -0.3 is 19.5 Å². The maximum absolute atomic E-state index is 5.38. The molecule has 20 heavy (non-hydrogen) atoms. The van der Waals surface area contributed by atoms with E-state index in [4.69, 9.17) is 14.2 Å². The predicted molar refractivity (Wildman–Crippen MR) is 82.0 cm³/mol. The van der Waals surface area contributed by atoms with E-state index in [2.05, 4.69) is 17.6 Å². The molecule has 1 aromatic rings. The van der Waals surface area contributed by atoms with Crippen molar-refractivity contribution in [2.24, 2.45) is 0 Å². The van der Waals surface area contributed by atoms with Gasteiger partial charge in [0.1, 0.15) is 0 Å². The first-order chi connectivity index (χ1) is 9.71. The minimum absolute atomic E-state index is 0.429. The monoisotopic (exact) mass is 297 g/mol. The smallest absolute Gasteiger partial charge is 0.161 e. The van der Waals surface area contributed by atoms with Crippen LogP contribution in [0.4, 0.5) is 0 Å². The van der Waals surface area contributed by atoms with Crippen LogP contribution in [0.1, 0.15) is 18.4 Å². The van der Waals surface area contributed by atoms with E-state index in [0.29, 0.717) is 12.1 Å². The first-order valence-corrected chi connectivity index (χ1v) is 7.99. The fourth-order valence-electron chi connectivity index (χ4n) is 2.41. The van der Waals surface area contributed by atoms with Gasteiger partial charge in [0.05, 0.1) is 20.3 Å². The lowest BCUT2D eigenvalue weighted by molar-refractivity contribution is 0.0169. The van der Waals surface area contributed by atoms with Crippen LogP contribution in [-0.4, -0.2) is 39.7 Å². The van der Waals surface area contributed by atoms with Crippen molar-refractivity contribution in [3.8, 4) is 11.5 Å². The molecule has 0 aromatic heterocycles. The maximum atomic E-state index is 5.38. The van der Waals surface area contributed by atoms with E-state index in [-0.39, 0.29) is 0 Å². The Bertz CT molecular complexity index is 447. The minimum Gasteiger partial charge on any atom is -0.493 e. The second-order valence-electron chi connectivity index (χ2n) is 4.93. The van der Waals surface area contributed by atoms with Crippen molar-refractivity contribution < 1.29 is 14.2 Å². The topological polar surface area (TPSA) is 39.7 Å². The molecule has 0 heterocycles. The Morgan fingerprint density at radius 2 is 1.80 bits per heavy atom. The van der Waals surface area contributed by atoms with E-state index in [1.165, 1.54) is 10.5 Å². The van der Waals surface area contributed by atoms with E-state index in [1.54, 1.807) is 33.1 Å². The molecule has 0 bridgehead atoms. The first kappa shape index (κ1) is 15.5. The lowest BCUT2D eigenvalue weighted by Gasteiger charge is -2.35. The molecule has 0 spiro atoms. The number of benzene rings is 1. The van der Waals surface area contributed by atoms with Crippen molar-refractivity contribution in [1.29, 1.82) is 0 Å². The van der Waals surface area contributed by atoms with Crippen LogP contribution in [0, 0.1) is 0 Å². The van der Waals surface area contributed by atoms with Crippen LogP contribution in [-0.2, 0) is 11.3 Å². The molecule has 1 saturated carbocycles. The molecule has 0 amide bonds. The van der Waals surface area contributed by atoms with Gasteiger partial charge in [-0.2, -0.15) is 0 Å². The second-order valence-corrected chi connectivity index (χ2v) is 5.77. The average Bonchev–Trinajstić information content (AvgIpc) is 2.45. The van der Waals surface area contributed by atoms with Gasteiger partial charge in [0, 0.05) is 24.6 Å². The highest BCUT2D eigenvalue weighted by molar-refractivity contribution is 7.98. The number of thioether (sulfide) groups is 1. The van der Waals surface area contributed by atoms with E-state index in [1.807, 2.05) is 6.07 Å². The largest absolute Gasteiger partial charge is 0.493 e. The molecular formula is C15H23NO3S. The molecule has 1 fully saturated rings. The molecule has 112 valence electrons. The van der Waals surface area contributed by atoms with Gasteiger partial charge in [-0.1, -0.05) is 0 Å². The summed E-state index contributed by atoms with van der Waals surface area (Å²) in [7, 11) is 5.11. The van der Waals surface area contributed by atoms with Gasteiger partial charge in [-0.05, 0) is 36.8 Å². The van der Waals surface area contributed by atoms with E-state index in [0.717, 1.165) is 30.9 Å². The molecule has 0 unspecified atom stereocenters. The third-order valence-electron chi connectivity index (χ3n) is 3.80. The van der Waals surface area contributed by atoms with E-state index < -0.39 is 0 Å². The predicted octanol–water partition coefficient (Wildman–Crippen LogP) is 2.69. The Kier molecular flexibility index (Phi) is 5.57. The van der Waals surface area contributed by atoms with E-state index >= 15 is 0 Å². The SMILES string of the molecule is COc1cc(CNC2CC(OC)C2)c(SC)cc1OC. The summed E-state index contributed by atoms with van der Waals surface area (Å²) in [5.74, 6) is 1.56. The third kappa shape index (κ3) is 3.40. The number of hydrogen-bond donors (Lipinski definition) is 1. The Morgan fingerprint density at radius 1 is 1.15 bits per heavy atom. The van der Waals surface area contributed by atoms with Gasteiger partial charge in [0.25, 0.3) is 0 Å². The lowest BCUT2D eigenvalue weighted by atomic mass is 9.89. The van der Waals surface area contributed by atoms with Crippen LogP contribution in [0.15, 0.2) is 17.0 Å². The number of methoxy groups -OCH3 is 3. The summed E-state index contributed by atoms with van der Waals surface area (Å²) in [6.45, 7) is 0.845. The van der Waals surface area contributed by atoms with Crippen LogP contribution in [0.5, 0.6) is 11.5 Å². The van der Waals surface area contributed by atoms with Crippen LogP contribution in [0.2, 0.25) is 0 Å². The van der Waals surface area contributed by atoms with Crippen molar-refractivity contribution in [2.75, 3.05) is 27.6 Å². The van der Waals surface area contributed by atoms with Crippen molar-refractivity contribution >= 4 is 11.8 Å². The highest BCUT2D eigenvalue weighted by Gasteiger charge is 2.28. The zero-order valence-corrected chi connectivity index (χ0v) is 13.4. The first-order valence-electron chi connectivity index (χ1n) is 6.76. The molecule has 1 aliphatic carbocycles. The Balaban J connectivity index is 2.02. The molecule has 0 atom stereocenters. The molecule has 1 N–H and O–H groups in total. The molecule has 0 aliphatic heterocycles. The van der Waals surface area contributed by atoms with Gasteiger partial charge >= 0.3 is 0 Å². The van der Waals surface area contributed by atoms with Gasteiger partial charge in [-0.25, -0.2) is 0 Å². The van der Waals surface area contributed by atoms with Gasteiger partial charge in [0.15, 0.2) is 11.5 Å². The Morgan fingerprint density at radius 3 is 2.35 bits per heavy atom. The fraction of sp³-hybridized carbons (Fsp3) is 0.600. The van der Waals surface area contributed by atoms with Crippen LogP contribution in [0.3, 0.4) is 0 Å². The molecule has 1 aromatic carbocycles. The molecule has 0 radical (unpaired) electrons. The number of nitrogens with one attached hydrogen (secondary N) is 1. The quantitative estimate of drug-likeness (QED) is 0.784. The molecular weight excluding hydrogens is 274 g/mol. The summed E-state index contributed by atoms with van der Waals surface area (Å²) < 4.78 is 16.0. The third-order valence-corrected chi connectivity index (χ3v) is 4.62. The Labute approximate surface area is 125 Å². The molecule has 4 nitrogen and oxygen atoms in total. The van der Waals surface area contributed by atoms with Crippen LogP contribution >= 0.6 is 11.8 Å². The average molecular weight is 297 g/mol. The summed E-state index contributed by atoms with van der Waals surface area (Å²) in [5, 5.41) is 3.57. The number of ether oxygens (including phenoxy) is 3. The summed E-state index contributed by atoms with van der Waals surface area (Å²) in [6, 6.07) is 4.66. The Hall–Kier alpha value is -0.910. The maximum Gasteiger partial charge on any atom is 0.161 e. The molecule has 5 heteroatoms. The normalized spacial score (nSPS) is 21.4. The zero-order valence-electron chi connectivity index (χ0n) is 12.6. The lowest BCUT2D eigenvalue weighted by Crippen LogP contribution is -2.44. The molecule has 2 rings (SSSR count). The van der Waals surface area contributed by atoms with E-state index in [9.17, 15) is 0 Å². The van der Waals surface area contributed by atoms with Gasteiger partial charge in [-0.3, -0.25) is 0 Å². The summed E-state index contributed by atoms with van der Waals surface area (Å²) >= 11 is 1.73. The van der Waals surface area contributed by atoms with Crippen molar-refractivity contribution in [3.63, 3.8) is 0 Å². The number of hydrogen-bond acceptors (Lipinski definition) is 5. The molecule has 1 aliphatic rings. The second kappa shape index (κ2) is 7.20. The van der Waals surface area contributed by atoms with Crippen LogP contribution in [0.25, 0.3) is 0 Å². The number of rotatable bonds is 7. The summed E-state index contributed by atoms with van der Waals surface area (Å²) in [5.41, 5.74) is 1.25.